The number of benzene rings is 2. The fourth-order valence-electron chi connectivity index (χ4n) is 2.46. The van der Waals surface area contributed by atoms with E-state index in [1.807, 2.05) is 28.8 Å². The zero-order chi connectivity index (χ0) is 15.0. The van der Waals surface area contributed by atoms with E-state index in [4.69, 9.17) is 11.0 Å². The van der Waals surface area contributed by atoms with Crippen molar-refractivity contribution in [1.29, 1.82) is 5.26 Å². The van der Waals surface area contributed by atoms with Crippen LogP contribution in [-0.2, 0) is 0 Å². The highest BCUT2D eigenvalue weighted by atomic mass is 15.2. The number of imidazole rings is 1. The molecule has 0 aliphatic rings. The molecule has 0 radical (unpaired) electrons. The van der Waals surface area contributed by atoms with Gasteiger partial charge in [-0.25, -0.2) is 4.98 Å². The smallest absolute Gasteiger partial charge is 0.205 e. The first-order valence-corrected chi connectivity index (χ1v) is 6.88. The summed E-state index contributed by atoms with van der Waals surface area (Å²) in [5.74, 6) is 0.872. The van der Waals surface area contributed by atoms with Gasteiger partial charge in [-0.2, -0.15) is 5.26 Å². The first-order valence-electron chi connectivity index (χ1n) is 6.88. The molecule has 0 aliphatic heterocycles. The summed E-state index contributed by atoms with van der Waals surface area (Å²) in [6.45, 7) is 4.31. The fraction of sp³-hybridized carbons (Fsp3) is 0.176. The van der Waals surface area contributed by atoms with Crippen molar-refractivity contribution in [3.8, 4) is 11.8 Å². The van der Waals surface area contributed by atoms with Gasteiger partial charge in [0.15, 0.2) is 0 Å². The molecule has 0 unspecified atom stereocenters. The van der Waals surface area contributed by atoms with Gasteiger partial charge >= 0.3 is 0 Å². The SMILES string of the molecule is CC(C)c1cccc(-n2c(N)nc3ccc(C#N)cc32)c1. The standard InChI is InChI=1S/C17H16N4/c1-11(2)13-4-3-5-14(9-13)21-16-8-12(10-18)6-7-15(16)20-17(21)19/h3-9,11H,1-2H3,(H2,19,20). The van der Waals surface area contributed by atoms with Crippen LogP contribution in [0.1, 0.15) is 30.9 Å². The number of nitriles is 1. The number of hydrogen-bond donors (Lipinski definition) is 1. The zero-order valence-electron chi connectivity index (χ0n) is 12.0. The topological polar surface area (TPSA) is 67.6 Å². The summed E-state index contributed by atoms with van der Waals surface area (Å²) in [6, 6.07) is 15.8. The van der Waals surface area contributed by atoms with E-state index in [0.29, 0.717) is 17.4 Å². The van der Waals surface area contributed by atoms with Gasteiger partial charge in [0.1, 0.15) is 0 Å². The molecule has 0 saturated carbocycles. The Bertz CT molecular complexity index is 853. The third kappa shape index (κ3) is 2.23. The predicted molar refractivity (Wildman–Crippen MR) is 84.3 cm³/mol. The average Bonchev–Trinajstić information content (AvgIpc) is 2.82. The molecule has 4 nitrogen and oxygen atoms in total. The Labute approximate surface area is 123 Å². The number of hydrogen-bond acceptors (Lipinski definition) is 3. The van der Waals surface area contributed by atoms with E-state index in [9.17, 15) is 0 Å². The third-order valence-corrected chi connectivity index (χ3v) is 3.60. The van der Waals surface area contributed by atoms with Crippen LogP contribution in [0.15, 0.2) is 42.5 Å². The summed E-state index contributed by atoms with van der Waals surface area (Å²) in [4.78, 5) is 4.37. The van der Waals surface area contributed by atoms with Gasteiger partial charge in [0, 0.05) is 5.69 Å². The Morgan fingerprint density at radius 1 is 1.19 bits per heavy atom. The van der Waals surface area contributed by atoms with E-state index in [1.165, 1.54) is 5.56 Å². The minimum Gasteiger partial charge on any atom is -0.369 e. The first kappa shape index (κ1) is 13.2. The van der Waals surface area contributed by atoms with E-state index in [1.54, 1.807) is 6.07 Å². The van der Waals surface area contributed by atoms with Crippen molar-refractivity contribution < 1.29 is 0 Å². The summed E-state index contributed by atoms with van der Waals surface area (Å²) in [5, 5.41) is 9.07. The maximum absolute atomic E-state index is 9.07. The van der Waals surface area contributed by atoms with Crippen LogP contribution in [0.25, 0.3) is 16.7 Å². The van der Waals surface area contributed by atoms with Crippen LogP contribution in [-0.4, -0.2) is 9.55 Å². The second kappa shape index (κ2) is 4.95. The van der Waals surface area contributed by atoms with E-state index in [-0.39, 0.29) is 0 Å². The van der Waals surface area contributed by atoms with E-state index < -0.39 is 0 Å². The van der Waals surface area contributed by atoms with Gasteiger partial charge in [-0.15, -0.1) is 0 Å². The number of anilines is 1. The van der Waals surface area contributed by atoms with Gasteiger partial charge < -0.3 is 5.73 Å². The molecule has 0 fully saturated rings. The van der Waals surface area contributed by atoms with Gasteiger partial charge in [0.05, 0.1) is 22.7 Å². The molecule has 0 bridgehead atoms. The highest BCUT2D eigenvalue weighted by molar-refractivity contribution is 5.82. The van der Waals surface area contributed by atoms with Crippen molar-refractivity contribution in [3.05, 3.63) is 53.6 Å². The Morgan fingerprint density at radius 2 is 2.00 bits per heavy atom. The molecule has 0 saturated heterocycles. The Kier molecular flexibility index (Phi) is 3.11. The summed E-state index contributed by atoms with van der Waals surface area (Å²) in [5.41, 5.74) is 10.5. The normalized spacial score (nSPS) is 11.0. The molecule has 3 aromatic rings. The maximum atomic E-state index is 9.07. The van der Waals surface area contributed by atoms with Crippen LogP contribution < -0.4 is 5.73 Å². The van der Waals surface area contributed by atoms with E-state index >= 15 is 0 Å². The van der Waals surface area contributed by atoms with Crippen molar-refractivity contribution >= 4 is 17.0 Å². The van der Waals surface area contributed by atoms with E-state index in [0.717, 1.165) is 16.7 Å². The van der Waals surface area contributed by atoms with Gasteiger partial charge in [-0.05, 0) is 41.8 Å². The highest BCUT2D eigenvalue weighted by Crippen LogP contribution is 2.26. The van der Waals surface area contributed by atoms with Crippen molar-refractivity contribution in [2.45, 2.75) is 19.8 Å². The molecule has 3 rings (SSSR count). The first-order chi connectivity index (χ1) is 10.1. The molecular formula is C17H16N4. The monoisotopic (exact) mass is 276 g/mol. The molecule has 21 heavy (non-hydrogen) atoms. The lowest BCUT2D eigenvalue weighted by Gasteiger charge is -2.11. The lowest BCUT2D eigenvalue weighted by atomic mass is 10.0. The summed E-state index contributed by atoms with van der Waals surface area (Å²) >= 11 is 0. The lowest BCUT2D eigenvalue weighted by Crippen LogP contribution is -2.01. The van der Waals surface area contributed by atoms with Crippen LogP contribution in [0.3, 0.4) is 0 Å². The second-order valence-corrected chi connectivity index (χ2v) is 5.37. The maximum Gasteiger partial charge on any atom is 0.205 e. The summed E-state index contributed by atoms with van der Waals surface area (Å²) in [6.07, 6.45) is 0. The van der Waals surface area contributed by atoms with Crippen LogP contribution in [0.5, 0.6) is 0 Å². The second-order valence-electron chi connectivity index (χ2n) is 5.37. The third-order valence-electron chi connectivity index (χ3n) is 3.60. The van der Waals surface area contributed by atoms with E-state index in [2.05, 4.69) is 37.0 Å². The predicted octanol–water partition coefficient (Wildman–Crippen LogP) is 3.60. The van der Waals surface area contributed by atoms with Crippen LogP contribution in [0.2, 0.25) is 0 Å². The molecule has 0 spiro atoms. The molecule has 2 aromatic carbocycles. The van der Waals surface area contributed by atoms with Crippen molar-refractivity contribution in [2.75, 3.05) is 5.73 Å². The van der Waals surface area contributed by atoms with Crippen LogP contribution >= 0.6 is 0 Å². The molecular weight excluding hydrogens is 260 g/mol. The highest BCUT2D eigenvalue weighted by Gasteiger charge is 2.11. The summed E-state index contributed by atoms with van der Waals surface area (Å²) < 4.78 is 1.89. The Balaban J connectivity index is 2.26. The van der Waals surface area contributed by atoms with Gasteiger partial charge in [0.2, 0.25) is 5.95 Å². The molecule has 0 amide bonds. The van der Waals surface area contributed by atoms with Gasteiger partial charge in [-0.3, -0.25) is 4.57 Å². The number of aromatic nitrogens is 2. The Hall–Kier alpha value is -2.80. The van der Waals surface area contributed by atoms with Crippen molar-refractivity contribution in [3.63, 3.8) is 0 Å². The van der Waals surface area contributed by atoms with Crippen molar-refractivity contribution in [2.24, 2.45) is 0 Å². The molecule has 4 heteroatoms. The quantitative estimate of drug-likeness (QED) is 0.777. The Morgan fingerprint density at radius 3 is 2.71 bits per heavy atom. The molecule has 1 heterocycles. The number of fused-ring (bicyclic) bond motifs is 1. The number of nitrogen functional groups attached to an aromatic ring is 1. The largest absolute Gasteiger partial charge is 0.369 e. The number of nitrogens with two attached hydrogens (primary N) is 1. The molecule has 0 atom stereocenters. The molecule has 0 aliphatic carbocycles. The fourth-order valence-corrected chi connectivity index (χ4v) is 2.46. The number of nitrogens with zero attached hydrogens (tertiary/aromatic N) is 3. The number of rotatable bonds is 2. The molecule has 1 aromatic heterocycles. The van der Waals surface area contributed by atoms with Crippen LogP contribution in [0.4, 0.5) is 5.95 Å². The van der Waals surface area contributed by atoms with Crippen LogP contribution in [0, 0.1) is 11.3 Å². The van der Waals surface area contributed by atoms with Gasteiger partial charge in [-0.1, -0.05) is 26.0 Å². The molecule has 104 valence electrons. The van der Waals surface area contributed by atoms with Crippen molar-refractivity contribution in [1.82, 2.24) is 9.55 Å². The minimum atomic E-state index is 0.431. The minimum absolute atomic E-state index is 0.431. The summed E-state index contributed by atoms with van der Waals surface area (Å²) in [7, 11) is 0. The zero-order valence-corrected chi connectivity index (χ0v) is 12.0. The lowest BCUT2D eigenvalue weighted by molar-refractivity contribution is 0.864. The molecule has 2 N–H and O–H groups in total. The average molecular weight is 276 g/mol. The van der Waals surface area contributed by atoms with Gasteiger partial charge in [0.25, 0.3) is 0 Å².